The van der Waals surface area contributed by atoms with Crippen molar-refractivity contribution >= 4 is 0 Å². The van der Waals surface area contributed by atoms with E-state index >= 15 is 0 Å². The summed E-state index contributed by atoms with van der Waals surface area (Å²) in [6.07, 6.45) is 3.88. The second kappa shape index (κ2) is 8.08. The summed E-state index contributed by atoms with van der Waals surface area (Å²) < 4.78 is 0. The molecule has 0 aliphatic carbocycles. The molecule has 0 aromatic rings. The van der Waals surface area contributed by atoms with Gasteiger partial charge in [0.2, 0.25) is 0 Å². The van der Waals surface area contributed by atoms with Gasteiger partial charge in [-0.15, -0.1) is 0 Å². The molecule has 16 heavy (non-hydrogen) atoms. The maximum Gasteiger partial charge on any atom is 0.00444 e. The van der Waals surface area contributed by atoms with Crippen molar-refractivity contribution in [2.24, 2.45) is 11.3 Å². The van der Waals surface area contributed by atoms with Gasteiger partial charge in [-0.25, -0.2) is 0 Å². The molecule has 0 aliphatic rings. The lowest BCUT2D eigenvalue weighted by Crippen LogP contribution is -2.40. The Bertz CT molecular complexity index is 160. The first-order valence-electron chi connectivity index (χ1n) is 6.76. The highest BCUT2D eigenvalue weighted by molar-refractivity contribution is 4.79. The number of hydrogen-bond acceptors (Lipinski definition) is 2. The highest BCUT2D eigenvalue weighted by atomic mass is 15.1. The summed E-state index contributed by atoms with van der Waals surface area (Å²) in [5.74, 6) is 0.809. The fourth-order valence-corrected chi connectivity index (χ4v) is 2.46. The van der Waals surface area contributed by atoms with Gasteiger partial charge in [-0.05, 0) is 44.8 Å². The molecule has 1 unspecified atom stereocenters. The van der Waals surface area contributed by atoms with E-state index in [-0.39, 0.29) is 0 Å². The first-order chi connectivity index (χ1) is 7.43. The molecular weight excluding hydrogens is 196 g/mol. The summed E-state index contributed by atoms with van der Waals surface area (Å²) in [5.41, 5.74) is 0.426. The van der Waals surface area contributed by atoms with Crippen molar-refractivity contribution in [3.05, 3.63) is 0 Å². The van der Waals surface area contributed by atoms with E-state index in [1.165, 1.54) is 32.4 Å². The largest absolute Gasteiger partial charge is 0.319 e. The topological polar surface area (TPSA) is 15.3 Å². The predicted octanol–water partition coefficient (Wildman–Crippen LogP) is 2.99. The van der Waals surface area contributed by atoms with Crippen LogP contribution in [0.15, 0.2) is 0 Å². The Balaban J connectivity index is 4.06. The van der Waals surface area contributed by atoms with Crippen molar-refractivity contribution in [2.75, 3.05) is 33.7 Å². The SMILES string of the molecule is CCCC(C)(CNC)CN(C)CCC(C)C. The Morgan fingerprint density at radius 2 is 1.94 bits per heavy atom. The molecule has 0 spiro atoms. The normalized spacial score (nSPS) is 15.8. The van der Waals surface area contributed by atoms with Gasteiger partial charge in [0, 0.05) is 13.1 Å². The van der Waals surface area contributed by atoms with E-state index < -0.39 is 0 Å². The zero-order chi connectivity index (χ0) is 12.6. The van der Waals surface area contributed by atoms with Gasteiger partial charge < -0.3 is 10.2 Å². The van der Waals surface area contributed by atoms with E-state index in [0.29, 0.717) is 5.41 Å². The van der Waals surface area contributed by atoms with Gasteiger partial charge in [-0.3, -0.25) is 0 Å². The van der Waals surface area contributed by atoms with Crippen LogP contribution in [-0.4, -0.2) is 38.6 Å². The molecule has 0 heterocycles. The minimum Gasteiger partial charge on any atom is -0.319 e. The Kier molecular flexibility index (Phi) is 8.04. The maximum atomic E-state index is 3.34. The summed E-state index contributed by atoms with van der Waals surface area (Å²) in [6.45, 7) is 12.8. The van der Waals surface area contributed by atoms with E-state index in [1.54, 1.807) is 0 Å². The predicted molar refractivity (Wildman–Crippen MR) is 73.9 cm³/mol. The minimum atomic E-state index is 0.426. The molecule has 0 aliphatic heterocycles. The fraction of sp³-hybridized carbons (Fsp3) is 1.00. The monoisotopic (exact) mass is 228 g/mol. The molecule has 0 rings (SSSR count). The molecule has 1 atom stereocenters. The highest BCUT2D eigenvalue weighted by Gasteiger charge is 2.24. The summed E-state index contributed by atoms with van der Waals surface area (Å²) in [7, 11) is 4.31. The molecule has 0 bridgehead atoms. The molecular formula is C14H32N2. The first-order valence-corrected chi connectivity index (χ1v) is 6.76. The third kappa shape index (κ3) is 7.24. The van der Waals surface area contributed by atoms with E-state index in [1.807, 2.05) is 0 Å². The standard InChI is InChI=1S/C14H32N2/c1-7-9-14(4,11-15-5)12-16(6)10-8-13(2)3/h13,15H,7-12H2,1-6H3. The zero-order valence-electron chi connectivity index (χ0n) is 12.3. The lowest BCUT2D eigenvalue weighted by molar-refractivity contribution is 0.171. The van der Waals surface area contributed by atoms with Crippen molar-refractivity contribution in [3.63, 3.8) is 0 Å². The Morgan fingerprint density at radius 3 is 2.38 bits per heavy atom. The van der Waals surface area contributed by atoms with Gasteiger partial charge in [0.1, 0.15) is 0 Å². The Hall–Kier alpha value is -0.0800. The van der Waals surface area contributed by atoms with Crippen LogP contribution < -0.4 is 5.32 Å². The smallest absolute Gasteiger partial charge is 0.00444 e. The van der Waals surface area contributed by atoms with Crippen LogP contribution in [0.1, 0.15) is 47.0 Å². The molecule has 2 heteroatoms. The summed E-state index contributed by atoms with van der Waals surface area (Å²) in [5, 5.41) is 3.34. The van der Waals surface area contributed by atoms with Crippen molar-refractivity contribution in [1.82, 2.24) is 10.2 Å². The van der Waals surface area contributed by atoms with Crippen molar-refractivity contribution < 1.29 is 0 Å². The van der Waals surface area contributed by atoms with Gasteiger partial charge in [-0.1, -0.05) is 34.1 Å². The van der Waals surface area contributed by atoms with E-state index in [9.17, 15) is 0 Å². The second-order valence-corrected chi connectivity index (χ2v) is 6.01. The number of nitrogens with one attached hydrogen (secondary N) is 1. The average Bonchev–Trinajstić information content (AvgIpc) is 2.15. The molecule has 0 aromatic heterocycles. The zero-order valence-corrected chi connectivity index (χ0v) is 12.3. The quantitative estimate of drug-likeness (QED) is 0.652. The third-order valence-electron chi connectivity index (χ3n) is 3.20. The maximum absolute atomic E-state index is 3.34. The fourth-order valence-electron chi connectivity index (χ4n) is 2.46. The third-order valence-corrected chi connectivity index (χ3v) is 3.20. The molecule has 0 radical (unpaired) electrons. The van der Waals surface area contributed by atoms with E-state index in [2.05, 4.69) is 52.0 Å². The summed E-state index contributed by atoms with van der Waals surface area (Å²) in [4.78, 5) is 2.49. The summed E-state index contributed by atoms with van der Waals surface area (Å²) >= 11 is 0. The number of nitrogens with zero attached hydrogens (tertiary/aromatic N) is 1. The molecule has 0 amide bonds. The van der Waals surface area contributed by atoms with Crippen LogP contribution >= 0.6 is 0 Å². The first kappa shape index (κ1) is 15.9. The molecule has 98 valence electrons. The van der Waals surface area contributed by atoms with Gasteiger partial charge >= 0.3 is 0 Å². The van der Waals surface area contributed by atoms with Gasteiger partial charge in [-0.2, -0.15) is 0 Å². The molecule has 2 nitrogen and oxygen atoms in total. The minimum absolute atomic E-state index is 0.426. The van der Waals surface area contributed by atoms with Crippen molar-refractivity contribution in [3.8, 4) is 0 Å². The molecule has 0 fully saturated rings. The van der Waals surface area contributed by atoms with Crippen LogP contribution in [0.2, 0.25) is 0 Å². The van der Waals surface area contributed by atoms with Gasteiger partial charge in [0.15, 0.2) is 0 Å². The van der Waals surface area contributed by atoms with Crippen LogP contribution in [0.5, 0.6) is 0 Å². The molecule has 0 saturated carbocycles. The molecule has 1 N–H and O–H groups in total. The lowest BCUT2D eigenvalue weighted by atomic mass is 9.85. The van der Waals surface area contributed by atoms with E-state index in [4.69, 9.17) is 0 Å². The van der Waals surface area contributed by atoms with E-state index in [0.717, 1.165) is 12.5 Å². The van der Waals surface area contributed by atoms with Crippen LogP contribution in [0.4, 0.5) is 0 Å². The Morgan fingerprint density at radius 1 is 1.31 bits per heavy atom. The lowest BCUT2D eigenvalue weighted by Gasteiger charge is -2.34. The average molecular weight is 228 g/mol. The van der Waals surface area contributed by atoms with Crippen molar-refractivity contribution in [1.29, 1.82) is 0 Å². The number of hydrogen-bond donors (Lipinski definition) is 1. The molecule has 0 saturated heterocycles. The van der Waals surface area contributed by atoms with Crippen LogP contribution in [0.25, 0.3) is 0 Å². The molecule has 0 aromatic carbocycles. The number of rotatable bonds is 9. The van der Waals surface area contributed by atoms with Gasteiger partial charge in [0.05, 0.1) is 0 Å². The Labute approximate surface area is 103 Å². The second-order valence-electron chi connectivity index (χ2n) is 6.01. The summed E-state index contributed by atoms with van der Waals surface area (Å²) in [6, 6.07) is 0. The van der Waals surface area contributed by atoms with Crippen molar-refractivity contribution in [2.45, 2.75) is 47.0 Å². The highest BCUT2D eigenvalue weighted by Crippen LogP contribution is 2.23. The van der Waals surface area contributed by atoms with Crippen LogP contribution in [0.3, 0.4) is 0 Å². The van der Waals surface area contributed by atoms with Gasteiger partial charge in [0.25, 0.3) is 0 Å². The van der Waals surface area contributed by atoms with Crippen LogP contribution in [-0.2, 0) is 0 Å². The van der Waals surface area contributed by atoms with Crippen LogP contribution in [0, 0.1) is 11.3 Å².